The topological polar surface area (TPSA) is 52.6 Å². The number of carbonyl (C=O) groups is 2. The standard InChI is InChI=1S/C11H11IO4/c1-3-15-11(14)8-5-4-6-9(10(8)12)16-7(2)13/h4-6H,3H2,1-2H3. The van der Waals surface area contributed by atoms with Gasteiger partial charge in [-0.1, -0.05) is 6.07 Å². The fraction of sp³-hybridized carbons (Fsp3) is 0.273. The van der Waals surface area contributed by atoms with Gasteiger partial charge in [0, 0.05) is 6.92 Å². The maximum atomic E-state index is 11.5. The number of rotatable bonds is 3. The third-order valence-electron chi connectivity index (χ3n) is 1.71. The van der Waals surface area contributed by atoms with E-state index < -0.39 is 11.9 Å². The van der Waals surface area contributed by atoms with Crippen molar-refractivity contribution in [1.29, 1.82) is 0 Å². The molecule has 0 aliphatic rings. The molecule has 0 saturated carbocycles. The lowest BCUT2D eigenvalue weighted by atomic mass is 10.2. The van der Waals surface area contributed by atoms with E-state index in [1.165, 1.54) is 6.92 Å². The Labute approximate surface area is 107 Å². The lowest BCUT2D eigenvalue weighted by Crippen LogP contribution is -2.09. The highest BCUT2D eigenvalue weighted by Crippen LogP contribution is 2.25. The van der Waals surface area contributed by atoms with Gasteiger partial charge >= 0.3 is 11.9 Å². The van der Waals surface area contributed by atoms with Crippen molar-refractivity contribution in [1.82, 2.24) is 0 Å². The summed E-state index contributed by atoms with van der Waals surface area (Å²) in [7, 11) is 0. The lowest BCUT2D eigenvalue weighted by Gasteiger charge is -2.08. The summed E-state index contributed by atoms with van der Waals surface area (Å²) in [4.78, 5) is 22.4. The van der Waals surface area contributed by atoms with Gasteiger partial charge in [0.05, 0.1) is 15.7 Å². The summed E-state index contributed by atoms with van der Waals surface area (Å²) in [6.45, 7) is 3.36. The van der Waals surface area contributed by atoms with E-state index in [1.54, 1.807) is 25.1 Å². The number of hydrogen-bond donors (Lipinski definition) is 0. The second-order valence-electron chi connectivity index (χ2n) is 2.93. The zero-order chi connectivity index (χ0) is 12.1. The summed E-state index contributed by atoms with van der Waals surface area (Å²) in [5.41, 5.74) is 0.404. The van der Waals surface area contributed by atoms with Crippen LogP contribution in [-0.2, 0) is 9.53 Å². The maximum Gasteiger partial charge on any atom is 0.339 e. The molecule has 1 aromatic carbocycles. The van der Waals surface area contributed by atoms with Crippen LogP contribution in [0.2, 0.25) is 0 Å². The molecule has 0 radical (unpaired) electrons. The van der Waals surface area contributed by atoms with E-state index in [1.807, 2.05) is 22.6 Å². The van der Waals surface area contributed by atoms with Crippen molar-refractivity contribution in [2.45, 2.75) is 13.8 Å². The summed E-state index contributed by atoms with van der Waals surface area (Å²) in [5, 5.41) is 0. The normalized spacial score (nSPS) is 9.69. The SMILES string of the molecule is CCOC(=O)c1cccc(OC(C)=O)c1I. The van der Waals surface area contributed by atoms with Crippen LogP contribution in [0.1, 0.15) is 24.2 Å². The van der Waals surface area contributed by atoms with Gasteiger partial charge in [0.15, 0.2) is 0 Å². The highest BCUT2D eigenvalue weighted by Gasteiger charge is 2.15. The Hall–Kier alpha value is -1.11. The third kappa shape index (κ3) is 3.19. The van der Waals surface area contributed by atoms with Crippen molar-refractivity contribution in [3.8, 4) is 5.75 Å². The number of halogens is 1. The Kier molecular flexibility index (Phi) is 4.72. The first-order chi connectivity index (χ1) is 7.56. The van der Waals surface area contributed by atoms with E-state index in [0.717, 1.165) is 0 Å². The summed E-state index contributed by atoms with van der Waals surface area (Å²) < 4.78 is 10.4. The highest BCUT2D eigenvalue weighted by atomic mass is 127. The van der Waals surface area contributed by atoms with Crippen molar-refractivity contribution in [3.63, 3.8) is 0 Å². The smallest absolute Gasteiger partial charge is 0.339 e. The molecule has 1 aromatic rings. The van der Waals surface area contributed by atoms with Crippen LogP contribution >= 0.6 is 22.6 Å². The second kappa shape index (κ2) is 5.83. The van der Waals surface area contributed by atoms with Crippen molar-refractivity contribution >= 4 is 34.5 Å². The average molecular weight is 334 g/mol. The molecule has 4 nitrogen and oxygen atoms in total. The first-order valence-corrected chi connectivity index (χ1v) is 5.78. The van der Waals surface area contributed by atoms with E-state index in [2.05, 4.69) is 0 Å². The molecule has 0 amide bonds. The largest absolute Gasteiger partial charge is 0.462 e. The molecule has 86 valence electrons. The van der Waals surface area contributed by atoms with E-state index in [9.17, 15) is 9.59 Å². The van der Waals surface area contributed by atoms with Crippen LogP contribution in [0.4, 0.5) is 0 Å². The third-order valence-corrected chi connectivity index (χ3v) is 2.83. The fourth-order valence-corrected chi connectivity index (χ4v) is 1.80. The van der Waals surface area contributed by atoms with Crippen LogP contribution in [-0.4, -0.2) is 18.5 Å². The summed E-state index contributed by atoms with van der Waals surface area (Å²) in [5.74, 6) is -0.460. The molecule has 16 heavy (non-hydrogen) atoms. The van der Waals surface area contributed by atoms with Gasteiger partial charge < -0.3 is 9.47 Å². The molecule has 0 aliphatic carbocycles. The second-order valence-corrected chi connectivity index (χ2v) is 4.01. The summed E-state index contributed by atoms with van der Waals surface area (Å²) >= 11 is 1.95. The molecule has 0 bridgehead atoms. The lowest BCUT2D eigenvalue weighted by molar-refractivity contribution is -0.131. The number of ether oxygens (including phenoxy) is 2. The molecule has 0 fully saturated rings. The van der Waals surface area contributed by atoms with Crippen LogP contribution < -0.4 is 4.74 Å². The Balaban J connectivity index is 3.03. The quantitative estimate of drug-likeness (QED) is 0.484. The highest BCUT2D eigenvalue weighted by molar-refractivity contribution is 14.1. The number of benzene rings is 1. The minimum atomic E-state index is -0.418. The summed E-state index contributed by atoms with van der Waals surface area (Å²) in [6.07, 6.45) is 0. The molecule has 0 spiro atoms. The van der Waals surface area contributed by atoms with Crippen LogP contribution in [0.25, 0.3) is 0 Å². The van der Waals surface area contributed by atoms with Gasteiger partial charge in [-0.2, -0.15) is 0 Å². The Morgan fingerprint density at radius 2 is 2.06 bits per heavy atom. The monoisotopic (exact) mass is 334 g/mol. The van der Waals surface area contributed by atoms with Crippen molar-refractivity contribution in [2.75, 3.05) is 6.61 Å². The van der Waals surface area contributed by atoms with Crippen LogP contribution in [0.3, 0.4) is 0 Å². The Bertz CT molecular complexity index is 414. The molecule has 0 heterocycles. The van der Waals surface area contributed by atoms with Crippen LogP contribution in [0.15, 0.2) is 18.2 Å². The van der Waals surface area contributed by atoms with Crippen molar-refractivity contribution < 1.29 is 19.1 Å². The minimum Gasteiger partial charge on any atom is -0.462 e. The van der Waals surface area contributed by atoms with E-state index >= 15 is 0 Å². The van der Waals surface area contributed by atoms with Gasteiger partial charge in [0.2, 0.25) is 0 Å². The zero-order valence-electron chi connectivity index (χ0n) is 8.95. The molecule has 0 saturated heterocycles. The van der Waals surface area contributed by atoms with Crippen LogP contribution in [0, 0.1) is 3.57 Å². The molecule has 0 atom stereocenters. The molecule has 0 unspecified atom stereocenters. The van der Waals surface area contributed by atoms with E-state index in [0.29, 0.717) is 21.5 Å². The first-order valence-electron chi connectivity index (χ1n) is 4.70. The van der Waals surface area contributed by atoms with Gasteiger partial charge in [-0.15, -0.1) is 0 Å². The van der Waals surface area contributed by atoms with E-state index in [-0.39, 0.29) is 0 Å². The predicted molar refractivity (Wildman–Crippen MR) is 66.4 cm³/mol. The van der Waals surface area contributed by atoms with E-state index in [4.69, 9.17) is 9.47 Å². The maximum absolute atomic E-state index is 11.5. The predicted octanol–water partition coefficient (Wildman–Crippen LogP) is 2.39. The number of hydrogen-bond acceptors (Lipinski definition) is 4. The average Bonchev–Trinajstić information content (AvgIpc) is 2.21. The molecule has 5 heteroatoms. The van der Waals surface area contributed by atoms with Gasteiger partial charge in [0.1, 0.15) is 5.75 Å². The van der Waals surface area contributed by atoms with Gasteiger partial charge in [-0.05, 0) is 41.6 Å². The Morgan fingerprint density at radius 1 is 1.38 bits per heavy atom. The number of esters is 2. The fourth-order valence-electron chi connectivity index (χ4n) is 1.11. The first kappa shape index (κ1) is 13.0. The van der Waals surface area contributed by atoms with Gasteiger partial charge in [-0.25, -0.2) is 4.79 Å². The minimum absolute atomic E-state index is 0.312. The Morgan fingerprint density at radius 3 is 2.62 bits per heavy atom. The molecular formula is C11H11IO4. The summed E-state index contributed by atoms with van der Waals surface area (Å²) in [6, 6.07) is 4.91. The zero-order valence-corrected chi connectivity index (χ0v) is 11.1. The molecule has 0 aliphatic heterocycles. The van der Waals surface area contributed by atoms with Gasteiger partial charge in [-0.3, -0.25) is 4.79 Å². The molecule has 1 rings (SSSR count). The molecule has 0 N–H and O–H groups in total. The van der Waals surface area contributed by atoms with Crippen LogP contribution in [0.5, 0.6) is 5.75 Å². The number of carbonyl (C=O) groups excluding carboxylic acids is 2. The molecule has 0 aromatic heterocycles. The van der Waals surface area contributed by atoms with Gasteiger partial charge in [0.25, 0.3) is 0 Å². The molecular weight excluding hydrogens is 323 g/mol. The van der Waals surface area contributed by atoms with Crippen molar-refractivity contribution in [2.24, 2.45) is 0 Å². The van der Waals surface area contributed by atoms with Crippen molar-refractivity contribution in [3.05, 3.63) is 27.3 Å².